The summed E-state index contributed by atoms with van der Waals surface area (Å²) in [4.78, 5) is 6.25. The van der Waals surface area contributed by atoms with Gasteiger partial charge in [0.25, 0.3) is 0 Å². The van der Waals surface area contributed by atoms with Crippen molar-refractivity contribution in [3.8, 4) is 11.8 Å². The first kappa shape index (κ1) is 12.3. The largest absolute Gasteiger partial charge is 0.495 e. The lowest BCUT2D eigenvalue weighted by Gasteiger charge is -2.20. The molecule has 0 atom stereocenters. The van der Waals surface area contributed by atoms with E-state index < -0.39 is 0 Å². The Morgan fingerprint density at radius 3 is 2.90 bits per heavy atom. The molecule has 0 aliphatic carbocycles. The van der Waals surface area contributed by atoms with E-state index in [1.165, 1.54) is 0 Å². The number of ether oxygens (including phenoxy) is 1. The summed E-state index contributed by atoms with van der Waals surface area (Å²) in [7, 11) is 1.66. The molecule has 0 unspecified atom stereocenters. The zero-order valence-electron chi connectivity index (χ0n) is 11.1. The van der Waals surface area contributed by atoms with Gasteiger partial charge in [0, 0.05) is 19.3 Å². The van der Waals surface area contributed by atoms with Crippen LogP contribution in [0.2, 0.25) is 0 Å². The summed E-state index contributed by atoms with van der Waals surface area (Å²) in [6.45, 7) is 1.35. The van der Waals surface area contributed by atoms with Crippen molar-refractivity contribution in [3.05, 3.63) is 47.2 Å². The lowest BCUT2D eigenvalue weighted by molar-refractivity contribution is 0.414. The predicted octanol–water partition coefficient (Wildman–Crippen LogP) is 2.06. The van der Waals surface area contributed by atoms with Crippen molar-refractivity contribution in [3.63, 3.8) is 0 Å². The number of fused-ring (bicyclic) bond motifs is 1. The van der Waals surface area contributed by atoms with Crippen molar-refractivity contribution in [1.29, 1.82) is 5.26 Å². The lowest BCUT2D eigenvalue weighted by Crippen LogP contribution is -2.15. The lowest BCUT2D eigenvalue weighted by atomic mass is 10.1. The minimum absolute atomic E-state index is 0.299. The Kier molecular flexibility index (Phi) is 2.92. The molecule has 5 nitrogen and oxygen atoms in total. The second-order valence-electron chi connectivity index (χ2n) is 4.66. The minimum atomic E-state index is 0.299. The fourth-order valence-corrected chi connectivity index (χ4v) is 2.56. The van der Waals surface area contributed by atoms with Crippen LogP contribution in [-0.2, 0) is 13.1 Å². The second-order valence-corrected chi connectivity index (χ2v) is 4.66. The molecule has 2 N–H and O–H groups in total. The highest BCUT2D eigenvalue weighted by molar-refractivity contribution is 5.64. The number of nitrogens with two attached hydrogens (primary N) is 1. The van der Waals surface area contributed by atoms with E-state index >= 15 is 0 Å². The Labute approximate surface area is 117 Å². The first-order valence-electron chi connectivity index (χ1n) is 6.29. The maximum absolute atomic E-state index is 9.23. The molecule has 100 valence electrons. The normalized spacial score (nSPS) is 12.9. The number of hydrogen-bond acceptors (Lipinski definition) is 5. The van der Waals surface area contributed by atoms with Gasteiger partial charge in [0.15, 0.2) is 0 Å². The molecule has 0 spiro atoms. The summed E-state index contributed by atoms with van der Waals surface area (Å²) in [6, 6.07) is 9.99. The molecule has 20 heavy (non-hydrogen) atoms. The van der Waals surface area contributed by atoms with Crippen LogP contribution in [-0.4, -0.2) is 12.1 Å². The number of methoxy groups -OCH3 is 1. The van der Waals surface area contributed by atoms with Crippen molar-refractivity contribution in [2.45, 2.75) is 13.1 Å². The Morgan fingerprint density at radius 1 is 1.35 bits per heavy atom. The third-order valence-corrected chi connectivity index (χ3v) is 3.55. The van der Waals surface area contributed by atoms with Gasteiger partial charge >= 0.3 is 0 Å². The van der Waals surface area contributed by atoms with E-state index in [0.717, 1.165) is 22.6 Å². The van der Waals surface area contributed by atoms with Gasteiger partial charge in [0.1, 0.15) is 17.6 Å². The van der Waals surface area contributed by atoms with Crippen LogP contribution >= 0.6 is 0 Å². The van der Waals surface area contributed by atoms with Crippen LogP contribution in [0.25, 0.3) is 0 Å². The molecular formula is C15H14N4O. The molecular weight excluding hydrogens is 252 g/mol. The van der Waals surface area contributed by atoms with Crippen molar-refractivity contribution in [1.82, 2.24) is 4.98 Å². The Morgan fingerprint density at radius 2 is 2.15 bits per heavy atom. The molecule has 2 heterocycles. The van der Waals surface area contributed by atoms with Gasteiger partial charge in [0.2, 0.25) is 0 Å². The average Bonchev–Trinajstić information content (AvgIpc) is 2.91. The van der Waals surface area contributed by atoms with E-state index in [9.17, 15) is 5.26 Å². The van der Waals surface area contributed by atoms with Gasteiger partial charge in [-0.25, -0.2) is 4.98 Å². The Bertz CT molecular complexity index is 706. The summed E-state index contributed by atoms with van der Waals surface area (Å²) in [5.74, 6) is 1.12. The smallest absolute Gasteiger partial charge is 0.142 e. The van der Waals surface area contributed by atoms with Gasteiger partial charge in [-0.15, -0.1) is 0 Å². The van der Waals surface area contributed by atoms with Crippen LogP contribution < -0.4 is 15.4 Å². The van der Waals surface area contributed by atoms with E-state index in [1.807, 2.05) is 24.3 Å². The van der Waals surface area contributed by atoms with Crippen molar-refractivity contribution in [2.75, 3.05) is 17.7 Å². The third-order valence-electron chi connectivity index (χ3n) is 3.55. The molecule has 1 aromatic heterocycles. The molecule has 1 aliphatic heterocycles. The summed E-state index contributed by atoms with van der Waals surface area (Å²) in [5, 5.41) is 9.23. The molecule has 0 radical (unpaired) electrons. The first-order chi connectivity index (χ1) is 9.74. The van der Waals surface area contributed by atoms with Crippen molar-refractivity contribution < 1.29 is 4.74 Å². The number of benzene rings is 1. The number of pyridine rings is 1. The van der Waals surface area contributed by atoms with Crippen LogP contribution in [0.15, 0.2) is 30.5 Å². The maximum atomic E-state index is 9.23. The fourth-order valence-electron chi connectivity index (χ4n) is 2.56. The fraction of sp³-hybridized carbons (Fsp3) is 0.200. The molecule has 2 aromatic rings. The van der Waals surface area contributed by atoms with E-state index in [2.05, 4.69) is 16.0 Å². The topological polar surface area (TPSA) is 75.2 Å². The highest BCUT2D eigenvalue weighted by Crippen LogP contribution is 2.36. The van der Waals surface area contributed by atoms with E-state index in [0.29, 0.717) is 24.5 Å². The number of nitriles is 1. The van der Waals surface area contributed by atoms with Gasteiger partial charge in [-0.05, 0) is 23.3 Å². The summed E-state index contributed by atoms with van der Waals surface area (Å²) >= 11 is 0. The predicted molar refractivity (Wildman–Crippen MR) is 76.2 cm³/mol. The monoisotopic (exact) mass is 266 g/mol. The number of aromatic nitrogens is 1. The van der Waals surface area contributed by atoms with Gasteiger partial charge in [-0.3, -0.25) is 0 Å². The Hall–Kier alpha value is -2.74. The summed E-state index contributed by atoms with van der Waals surface area (Å²) in [6.07, 6.45) is 1.75. The average molecular weight is 266 g/mol. The van der Waals surface area contributed by atoms with Gasteiger partial charge in [-0.2, -0.15) is 5.26 Å². The number of anilines is 2. The molecule has 5 heteroatoms. The second kappa shape index (κ2) is 4.74. The summed E-state index contributed by atoms with van der Waals surface area (Å²) in [5.41, 5.74) is 9.27. The zero-order chi connectivity index (χ0) is 14.1. The highest BCUT2D eigenvalue weighted by Gasteiger charge is 2.25. The molecule has 3 rings (SSSR count). The van der Waals surface area contributed by atoms with Crippen LogP contribution in [0.4, 0.5) is 11.5 Å². The van der Waals surface area contributed by atoms with Gasteiger partial charge < -0.3 is 15.4 Å². The van der Waals surface area contributed by atoms with E-state index in [-0.39, 0.29) is 0 Å². The van der Waals surface area contributed by atoms with Crippen LogP contribution in [0, 0.1) is 11.3 Å². The number of nitrogen functional groups attached to an aromatic ring is 1. The van der Waals surface area contributed by atoms with E-state index in [4.69, 9.17) is 10.5 Å². The highest BCUT2D eigenvalue weighted by atomic mass is 16.5. The quantitative estimate of drug-likeness (QED) is 0.900. The van der Waals surface area contributed by atoms with Crippen molar-refractivity contribution in [2.24, 2.45) is 0 Å². The molecule has 0 fully saturated rings. The number of hydrogen-bond donors (Lipinski definition) is 1. The minimum Gasteiger partial charge on any atom is -0.495 e. The number of para-hydroxylation sites is 2. The molecule has 0 bridgehead atoms. The summed E-state index contributed by atoms with van der Waals surface area (Å²) < 4.78 is 5.39. The third kappa shape index (κ3) is 1.82. The number of nitrogens with zero attached hydrogens (tertiary/aromatic N) is 3. The van der Waals surface area contributed by atoms with Crippen molar-refractivity contribution >= 4 is 11.5 Å². The molecule has 1 aromatic carbocycles. The molecule has 0 saturated carbocycles. The van der Waals surface area contributed by atoms with Crippen LogP contribution in [0.5, 0.6) is 5.75 Å². The van der Waals surface area contributed by atoms with Gasteiger partial charge in [-0.1, -0.05) is 12.1 Å². The van der Waals surface area contributed by atoms with Crippen LogP contribution in [0.3, 0.4) is 0 Å². The SMILES string of the molecule is COc1ccccc1N1Cc2cnc(N)c(C#N)c2C1. The maximum Gasteiger partial charge on any atom is 0.142 e. The number of rotatable bonds is 2. The molecule has 1 aliphatic rings. The van der Waals surface area contributed by atoms with Crippen LogP contribution in [0.1, 0.15) is 16.7 Å². The first-order valence-corrected chi connectivity index (χ1v) is 6.29. The molecule has 0 amide bonds. The standard InChI is InChI=1S/C15H14N4O/c1-20-14-5-3-2-4-13(14)19-8-10-7-18-15(17)11(6-16)12(10)9-19/h2-5,7H,8-9H2,1H3,(H2,17,18). The molecule has 0 saturated heterocycles. The van der Waals surface area contributed by atoms with Gasteiger partial charge in [0.05, 0.1) is 18.4 Å². The Balaban J connectivity index is 2.01. The zero-order valence-corrected chi connectivity index (χ0v) is 11.1. The van der Waals surface area contributed by atoms with E-state index in [1.54, 1.807) is 13.3 Å².